The topological polar surface area (TPSA) is 56.2 Å². The number of nitrogens with zero attached hydrogens (tertiary/aromatic N) is 3. The normalized spacial score (nSPS) is 19.6. The maximum Gasteiger partial charge on any atom is 0.227 e. The molecule has 1 aliphatic rings. The molecule has 1 fully saturated rings. The summed E-state index contributed by atoms with van der Waals surface area (Å²) < 4.78 is 6.75. The standard InChI is InChI=1S/C23H24N4OS/c1-2-7-17(8-3-1)22-25-21(28-26-22)11-6-14-27-15-12-18(13-16-27)23-24-19-9-4-5-10-20(19)29-23/h1-5,7-10,18H,6,11-16H2/p+1. The molecule has 0 radical (unpaired) electrons. The lowest BCUT2D eigenvalue weighted by molar-refractivity contribution is -0.905. The summed E-state index contributed by atoms with van der Waals surface area (Å²) in [4.78, 5) is 11.1. The molecule has 4 aromatic rings. The number of likely N-dealkylation sites (tertiary alicyclic amines) is 1. The largest absolute Gasteiger partial charge is 0.339 e. The molecule has 2 aromatic carbocycles. The van der Waals surface area contributed by atoms with Crippen LogP contribution in [0.2, 0.25) is 0 Å². The van der Waals surface area contributed by atoms with Gasteiger partial charge >= 0.3 is 0 Å². The lowest BCUT2D eigenvalue weighted by atomic mass is 9.97. The molecule has 29 heavy (non-hydrogen) atoms. The van der Waals surface area contributed by atoms with Crippen LogP contribution in [0.5, 0.6) is 0 Å². The van der Waals surface area contributed by atoms with Gasteiger partial charge in [-0.15, -0.1) is 11.3 Å². The highest BCUT2D eigenvalue weighted by atomic mass is 32.1. The molecule has 3 heterocycles. The molecule has 2 aromatic heterocycles. The van der Waals surface area contributed by atoms with Gasteiger partial charge < -0.3 is 9.42 Å². The molecule has 1 N–H and O–H groups in total. The Morgan fingerprint density at radius 2 is 1.76 bits per heavy atom. The molecule has 0 saturated carbocycles. The van der Waals surface area contributed by atoms with E-state index in [4.69, 9.17) is 9.51 Å². The van der Waals surface area contributed by atoms with Crippen LogP contribution < -0.4 is 4.90 Å². The van der Waals surface area contributed by atoms with Crippen molar-refractivity contribution in [2.45, 2.75) is 31.6 Å². The minimum atomic E-state index is 0.625. The Hall–Kier alpha value is -2.57. The molecule has 6 heteroatoms. The first-order valence-electron chi connectivity index (χ1n) is 10.4. The number of nitrogens with one attached hydrogen (secondary N) is 1. The van der Waals surface area contributed by atoms with Crippen LogP contribution in [0.15, 0.2) is 59.1 Å². The third-order valence-corrected chi connectivity index (χ3v) is 6.97. The maximum absolute atomic E-state index is 5.43. The van der Waals surface area contributed by atoms with Gasteiger partial charge in [-0.05, 0) is 12.1 Å². The van der Waals surface area contributed by atoms with Gasteiger partial charge in [-0.1, -0.05) is 47.6 Å². The molecule has 0 spiro atoms. The maximum atomic E-state index is 5.43. The van der Waals surface area contributed by atoms with E-state index in [9.17, 15) is 0 Å². The van der Waals surface area contributed by atoms with Crippen molar-refractivity contribution in [1.29, 1.82) is 0 Å². The first-order chi connectivity index (χ1) is 14.3. The number of piperidine rings is 1. The zero-order valence-electron chi connectivity index (χ0n) is 16.4. The van der Waals surface area contributed by atoms with Crippen molar-refractivity contribution in [3.05, 3.63) is 65.5 Å². The summed E-state index contributed by atoms with van der Waals surface area (Å²) in [5.74, 6) is 2.05. The predicted molar refractivity (Wildman–Crippen MR) is 115 cm³/mol. The van der Waals surface area contributed by atoms with Crippen molar-refractivity contribution in [3.8, 4) is 11.4 Å². The SMILES string of the molecule is c1ccc(-c2noc(CCC[NH+]3CCC(c4nc5ccccc5s4)CC3)n2)cc1. The summed E-state index contributed by atoms with van der Waals surface area (Å²) in [5, 5.41) is 5.44. The number of benzene rings is 2. The number of para-hydroxylation sites is 1. The van der Waals surface area contributed by atoms with Gasteiger partial charge in [-0.3, -0.25) is 0 Å². The van der Waals surface area contributed by atoms with Crippen LogP contribution in [-0.4, -0.2) is 34.8 Å². The lowest BCUT2D eigenvalue weighted by Gasteiger charge is -2.28. The van der Waals surface area contributed by atoms with E-state index in [1.165, 1.54) is 35.6 Å². The first-order valence-corrected chi connectivity index (χ1v) is 11.2. The Kier molecular flexibility index (Phi) is 5.37. The van der Waals surface area contributed by atoms with E-state index in [0.29, 0.717) is 11.7 Å². The summed E-state index contributed by atoms with van der Waals surface area (Å²) in [5.41, 5.74) is 2.15. The number of aromatic nitrogens is 3. The van der Waals surface area contributed by atoms with Gasteiger partial charge in [-0.2, -0.15) is 4.98 Å². The highest BCUT2D eigenvalue weighted by Gasteiger charge is 2.25. The van der Waals surface area contributed by atoms with Gasteiger partial charge in [0.2, 0.25) is 11.7 Å². The van der Waals surface area contributed by atoms with Gasteiger partial charge in [0.15, 0.2) is 0 Å². The Labute approximate surface area is 174 Å². The van der Waals surface area contributed by atoms with Crippen LogP contribution in [0.4, 0.5) is 0 Å². The predicted octanol–water partition coefficient (Wildman–Crippen LogP) is 3.74. The fourth-order valence-electron chi connectivity index (χ4n) is 4.14. The van der Waals surface area contributed by atoms with Crippen LogP contribution >= 0.6 is 11.3 Å². The molecule has 0 unspecified atom stereocenters. The number of rotatable bonds is 6. The van der Waals surface area contributed by atoms with Crippen molar-refractivity contribution < 1.29 is 9.42 Å². The van der Waals surface area contributed by atoms with Crippen molar-refractivity contribution in [2.24, 2.45) is 0 Å². The second-order valence-electron chi connectivity index (χ2n) is 7.78. The number of aryl methyl sites for hydroxylation is 1. The van der Waals surface area contributed by atoms with E-state index in [1.807, 2.05) is 41.7 Å². The average molecular weight is 406 g/mol. The molecule has 0 atom stereocenters. The molecule has 148 valence electrons. The number of fused-ring (bicyclic) bond motifs is 1. The van der Waals surface area contributed by atoms with E-state index < -0.39 is 0 Å². The molecule has 5 rings (SSSR count). The van der Waals surface area contributed by atoms with Crippen LogP contribution in [0.1, 0.15) is 36.1 Å². The lowest BCUT2D eigenvalue weighted by Crippen LogP contribution is -3.13. The Balaban J connectivity index is 1.10. The zero-order chi connectivity index (χ0) is 19.5. The second-order valence-corrected chi connectivity index (χ2v) is 8.84. The fraction of sp³-hybridized carbons (Fsp3) is 0.348. The Morgan fingerprint density at radius 3 is 2.59 bits per heavy atom. The van der Waals surface area contributed by atoms with Crippen LogP contribution in [-0.2, 0) is 6.42 Å². The summed E-state index contributed by atoms with van der Waals surface area (Å²) in [6.07, 6.45) is 4.39. The second kappa shape index (κ2) is 8.43. The Morgan fingerprint density at radius 1 is 0.966 bits per heavy atom. The molecule has 0 amide bonds. The molecule has 5 nitrogen and oxygen atoms in total. The molecular weight excluding hydrogens is 380 g/mol. The molecule has 0 bridgehead atoms. The fourth-order valence-corrected chi connectivity index (χ4v) is 5.27. The van der Waals surface area contributed by atoms with Gasteiger partial charge in [0.05, 0.1) is 34.9 Å². The van der Waals surface area contributed by atoms with Gasteiger partial charge in [0, 0.05) is 37.2 Å². The van der Waals surface area contributed by atoms with E-state index >= 15 is 0 Å². The summed E-state index contributed by atoms with van der Waals surface area (Å²) in [6.45, 7) is 3.61. The molecule has 0 aliphatic carbocycles. The van der Waals surface area contributed by atoms with Gasteiger partial charge in [0.25, 0.3) is 0 Å². The minimum Gasteiger partial charge on any atom is -0.339 e. The molecule has 1 aliphatic heterocycles. The van der Waals surface area contributed by atoms with E-state index in [1.54, 1.807) is 4.90 Å². The average Bonchev–Trinajstić information content (AvgIpc) is 3.42. The van der Waals surface area contributed by atoms with E-state index in [-0.39, 0.29) is 0 Å². The van der Waals surface area contributed by atoms with Gasteiger partial charge in [-0.25, -0.2) is 4.98 Å². The zero-order valence-corrected chi connectivity index (χ0v) is 17.2. The number of hydrogen-bond acceptors (Lipinski definition) is 5. The van der Waals surface area contributed by atoms with Crippen molar-refractivity contribution in [3.63, 3.8) is 0 Å². The highest BCUT2D eigenvalue weighted by molar-refractivity contribution is 7.18. The first kappa shape index (κ1) is 18.5. The third kappa shape index (κ3) is 4.23. The Bertz CT molecular complexity index is 1030. The van der Waals surface area contributed by atoms with Crippen molar-refractivity contribution in [2.75, 3.05) is 19.6 Å². The van der Waals surface area contributed by atoms with E-state index in [2.05, 4.69) is 34.4 Å². The van der Waals surface area contributed by atoms with E-state index in [0.717, 1.165) is 36.4 Å². The minimum absolute atomic E-state index is 0.625. The monoisotopic (exact) mass is 405 g/mol. The van der Waals surface area contributed by atoms with Crippen molar-refractivity contribution >= 4 is 21.6 Å². The molecule has 1 saturated heterocycles. The number of hydrogen-bond donors (Lipinski definition) is 1. The molecular formula is C23H25N4OS+. The summed E-state index contributed by atoms with van der Waals surface area (Å²) in [6, 6.07) is 18.5. The third-order valence-electron chi connectivity index (χ3n) is 5.77. The van der Waals surface area contributed by atoms with Crippen LogP contribution in [0, 0.1) is 0 Å². The van der Waals surface area contributed by atoms with Crippen molar-refractivity contribution in [1.82, 2.24) is 15.1 Å². The van der Waals surface area contributed by atoms with Crippen LogP contribution in [0.25, 0.3) is 21.6 Å². The number of quaternary nitrogens is 1. The summed E-state index contributed by atoms with van der Waals surface area (Å²) >= 11 is 1.87. The number of thiazole rings is 1. The summed E-state index contributed by atoms with van der Waals surface area (Å²) in [7, 11) is 0. The van der Waals surface area contributed by atoms with Crippen LogP contribution in [0.3, 0.4) is 0 Å². The smallest absolute Gasteiger partial charge is 0.227 e. The quantitative estimate of drug-likeness (QED) is 0.531. The van der Waals surface area contributed by atoms with Gasteiger partial charge in [0.1, 0.15) is 0 Å². The highest BCUT2D eigenvalue weighted by Crippen LogP contribution is 2.31.